The Balaban J connectivity index is 0.584. The Labute approximate surface area is 675 Å². The zero-order valence-corrected chi connectivity index (χ0v) is 68.4. The van der Waals surface area contributed by atoms with E-state index in [2.05, 4.69) is 31.9 Å². The molecule has 6 rings (SSSR count). The van der Waals surface area contributed by atoms with Crippen molar-refractivity contribution in [1.82, 2.24) is 15.0 Å². The van der Waals surface area contributed by atoms with Gasteiger partial charge in [0.1, 0.15) is 12.5 Å². The third kappa shape index (κ3) is 48.8. The van der Waals surface area contributed by atoms with Crippen LogP contribution in [0, 0.1) is 5.92 Å². The molecule has 0 bridgehead atoms. The van der Waals surface area contributed by atoms with E-state index >= 15 is 0 Å². The van der Waals surface area contributed by atoms with Gasteiger partial charge in [0.05, 0.1) is 302 Å². The van der Waals surface area contributed by atoms with E-state index < -0.39 is 21.2 Å². The van der Waals surface area contributed by atoms with Gasteiger partial charge in [-0.3, -0.25) is 9.59 Å². The lowest BCUT2D eigenvalue weighted by Gasteiger charge is -2.29. The molecule has 1 aromatic heterocycles. The van der Waals surface area contributed by atoms with Crippen LogP contribution in [0.1, 0.15) is 88.7 Å². The zero-order chi connectivity index (χ0) is 79.8. The van der Waals surface area contributed by atoms with Gasteiger partial charge < -0.3 is 119 Å². The van der Waals surface area contributed by atoms with Gasteiger partial charge in [-0.15, -0.1) is 11.3 Å². The van der Waals surface area contributed by atoms with Gasteiger partial charge in [0.2, 0.25) is 10.0 Å². The fraction of sp³-hybridized carbons (Fsp3) is 0.776. The van der Waals surface area contributed by atoms with Crippen molar-refractivity contribution in [2.24, 2.45) is 11.0 Å². The molecule has 0 spiro atoms. The molecule has 34 nitrogen and oxygen atoms in total. The number of rotatable bonds is 82. The van der Waals surface area contributed by atoms with Crippen molar-refractivity contribution in [2.75, 3.05) is 322 Å². The lowest BCUT2D eigenvalue weighted by molar-refractivity contribution is -0.0864. The highest BCUT2D eigenvalue weighted by Crippen LogP contribution is 2.48. The van der Waals surface area contributed by atoms with Crippen LogP contribution in [0.4, 0.5) is 5.13 Å². The van der Waals surface area contributed by atoms with Crippen LogP contribution in [-0.4, -0.2) is 348 Å². The Morgan fingerprint density at radius 1 is 0.478 bits per heavy atom. The summed E-state index contributed by atoms with van der Waals surface area (Å²) < 4.78 is 154. The molecule has 0 unspecified atom stereocenters. The van der Waals surface area contributed by atoms with Crippen LogP contribution in [0.25, 0.3) is 21.6 Å². The molecule has 1 atom stereocenters. The maximum absolute atomic E-state index is 13.5. The largest absolute Gasteiger partial charge is 0.379 e. The van der Waals surface area contributed by atoms with Crippen molar-refractivity contribution in [1.29, 1.82) is 0 Å². The lowest BCUT2D eigenvalue weighted by Crippen LogP contribution is -2.34. The Morgan fingerprint density at radius 3 is 1.16 bits per heavy atom. The molecule has 3 fully saturated rings. The number of halogens is 1. The van der Waals surface area contributed by atoms with E-state index in [1.807, 2.05) is 24.3 Å². The minimum Gasteiger partial charge on any atom is -0.379 e. The maximum Gasteiger partial charge on any atom is 0.284 e. The van der Waals surface area contributed by atoms with Gasteiger partial charge in [-0.1, -0.05) is 41.0 Å². The number of benzene rings is 2. The first-order valence-electron chi connectivity index (χ1n) is 39.4. The average Bonchev–Trinajstić information content (AvgIpc) is 1.63. The molecule has 0 saturated heterocycles. The summed E-state index contributed by atoms with van der Waals surface area (Å²) in [6.45, 7) is 23.3. The summed E-state index contributed by atoms with van der Waals surface area (Å²) in [5.41, 5.74) is 11.5. The van der Waals surface area contributed by atoms with Gasteiger partial charge in [0.25, 0.3) is 11.8 Å². The molecule has 1 heterocycles. The number of anilines is 1. The summed E-state index contributed by atoms with van der Waals surface area (Å²) in [5.74, 6) is -0.151. The van der Waals surface area contributed by atoms with Crippen LogP contribution in [-0.2, 0) is 119 Å². The standard InChI is InChI=1S/C76H124ClN7O27S2/c1-63(84(61-64-2-3-64)76-81-72(73(112-76)67-8-9-67)75(86)82-113(87,88)69-11-12-69)65-4-6-66(7-5-65)71-60-68(77)10-13-70(71)74(85)79-14-16-89-18-20-91-22-23-93-24-25-94-26-27-95-28-29-96-30-31-97-32-33-98-34-35-99-36-37-100-38-39-101-40-41-102-42-43-103-44-45-104-46-47-105-48-49-106-50-51-107-53-55-109-57-59-111-62-110-58-56-108-54-52-92-21-19-90-17-15-80-83-78/h4-7,10,13,60,63-64,67,69H,2-3,8-9,11-12,14-59,61-62H2,1H3,(H,79,85)(H,82,86)/t63-/m1/s1. The van der Waals surface area contributed by atoms with Crippen LogP contribution in [0.15, 0.2) is 47.6 Å². The molecule has 0 radical (unpaired) electrons. The lowest BCUT2D eigenvalue weighted by atomic mass is 9.96. The van der Waals surface area contributed by atoms with Gasteiger partial charge in [0.15, 0.2) is 5.13 Å². The van der Waals surface area contributed by atoms with E-state index in [1.54, 1.807) is 18.2 Å². The summed E-state index contributed by atoms with van der Waals surface area (Å²) >= 11 is 7.98. The minimum atomic E-state index is -3.71. The second-order valence-electron chi connectivity index (χ2n) is 25.7. The fourth-order valence-corrected chi connectivity index (χ4v) is 13.0. The predicted octanol–water partition coefficient (Wildman–Crippen LogP) is 6.92. The Hall–Kier alpha value is -4.56. The molecule has 3 aliphatic rings. The van der Waals surface area contributed by atoms with E-state index in [9.17, 15) is 18.0 Å². The first kappa shape index (κ1) is 97.3. The molecule has 113 heavy (non-hydrogen) atoms. The highest BCUT2D eigenvalue weighted by Gasteiger charge is 2.40. The van der Waals surface area contributed by atoms with Gasteiger partial charge in [-0.2, -0.15) is 0 Å². The van der Waals surface area contributed by atoms with E-state index in [4.69, 9.17) is 131 Å². The monoisotopic (exact) mass is 1670 g/mol. The summed E-state index contributed by atoms with van der Waals surface area (Å²) in [7, 11) is -3.71. The van der Waals surface area contributed by atoms with Crippen LogP contribution < -0.4 is 14.9 Å². The Morgan fingerprint density at radius 2 is 0.823 bits per heavy atom. The van der Waals surface area contributed by atoms with Crippen molar-refractivity contribution in [3.63, 3.8) is 0 Å². The molecule has 2 N–H and O–H groups in total. The molecule has 2 amide bonds. The Kier molecular flexibility index (Phi) is 56.3. The predicted molar refractivity (Wildman–Crippen MR) is 419 cm³/mol. The van der Waals surface area contributed by atoms with Crippen LogP contribution in [0.5, 0.6) is 0 Å². The highest BCUT2D eigenvalue weighted by atomic mass is 35.5. The summed E-state index contributed by atoms with van der Waals surface area (Å²) in [4.78, 5) is 37.5. The van der Waals surface area contributed by atoms with E-state index in [1.165, 1.54) is 11.3 Å². The number of nitrogens with one attached hydrogen (secondary N) is 2. The van der Waals surface area contributed by atoms with Crippen molar-refractivity contribution in [2.45, 2.75) is 62.7 Å². The van der Waals surface area contributed by atoms with Gasteiger partial charge in [-0.05, 0) is 97.7 Å². The average molecular weight is 1670 g/mol. The number of nitrogens with zero attached hydrogens (tertiary/aromatic N) is 5. The van der Waals surface area contributed by atoms with E-state index in [0.29, 0.717) is 339 Å². The number of hydrogen-bond donors (Lipinski definition) is 2. The number of ether oxygens (including phenoxy) is 23. The number of aromatic nitrogens is 1. The number of amides is 2. The summed E-state index contributed by atoms with van der Waals surface area (Å²) in [6, 6.07) is 13.2. The second-order valence-corrected chi connectivity index (χ2v) is 29.2. The number of hydrogen-bond acceptors (Lipinski definition) is 31. The molecule has 2 aromatic carbocycles. The minimum absolute atomic E-state index is 0.100. The smallest absolute Gasteiger partial charge is 0.284 e. The number of azide groups is 1. The molecule has 3 saturated carbocycles. The van der Waals surface area contributed by atoms with Crippen molar-refractivity contribution < 1.29 is 127 Å². The number of carbonyl (C=O) groups is 2. The van der Waals surface area contributed by atoms with Crippen molar-refractivity contribution in [3.8, 4) is 11.1 Å². The summed E-state index contributed by atoms with van der Waals surface area (Å²) in [5, 5.41) is 7.06. The van der Waals surface area contributed by atoms with Gasteiger partial charge in [0, 0.05) is 40.0 Å². The quantitative estimate of drug-likeness (QED) is 0.0190. The van der Waals surface area contributed by atoms with E-state index in [0.717, 1.165) is 53.4 Å². The van der Waals surface area contributed by atoms with Gasteiger partial charge in [-0.25, -0.2) is 18.1 Å². The molecule has 3 aromatic rings. The van der Waals surface area contributed by atoms with Gasteiger partial charge >= 0.3 is 0 Å². The molecule has 644 valence electrons. The summed E-state index contributed by atoms with van der Waals surface area (Å²) in [6.07, 6.45) is 5.29. The fourth-order valence-electron chi connectivity index (χ4n) is 10.2. The molecule has 37 heteroatoms. The maximum atomic E-state index is 13.5. The zero-order valence-electron chi connectivity index (χ0n) is 66.0. The molecule has 3 aliphatic carbocycles. The highest BCUT2D eigenvalue weighted by molar-refractivity contribution is 7.91. The third-order valence-electron chi connectivity index (χ3n) is 16.7. The number of carbonyl (C=O) groups excluding carboxylic acids is 2. The molecular formula is C76H124ClN7O27S2. The second kappa shape index (κ2) is 65.4. The third-order valence-corrected chi connectivity index (χ3v) is 20.0. The Bertz CT molecular complexity index is 3040. The normalized spacial score (nSPS) is 13.9. The number of thiazole rings is 1. The van der Waals surface area contributed by atoms with Crippen molar-refractivity contribution >= 4 is 49.9 Å². The molecule has 0 aliphatic heterocycles. The SMILES string of the molecule is C[C@H](c1ccc(-c2cc(Cl)ccc2C(=O)NCCOCCOCCOCCOCCOCCOCCOCCOCCOCCOCCOCCOCCOCCOCCOCCOCCOCCOCCOCOCCOCCOCCOCCN=[N+]=[N-])cc1)N(CC1CC1)c1nc(C(=O)NS(=O)(=O)C2CC2)c(C2CC2)s1. The molecular weight excluding hydrogens is 1540 g/mol. The van der Waals surface area contributed by atoms with E-state index in [-0.39, 0.29) is 30.4 Å². The topological polar surface area (TPSA) is 370 Å². The van der Waals surface area contributed by atoms with Crippen LogP contribution in [0.3, 0.4) is 0 Å². The number of sulfonamides is 1. The first-order valence-corrected chi connectivity index (χ1v) is 42.2. The first-order chi connectivity index (χ1) is 55.6. The van der Waals surface area contributed by atoms with Crippen LogP contribution >= 0.6 is 22.9 Å². The van der Waals surface area contributed by atoms with Crippen molar-refractivity contribution in [3.05, 3.63) is 79.6 Å². The van der Waals surface area contributed by atoms with Crippen LogP contribution in [0.2, 0.25) is 5.02 Å².